The third-order valence-electron chi connectivity index (χ3n) is 4.81. The molecule has 4 nitrogen and oxygen atoms in total. The predicted molar refractivity (Wildman–Crippen MR) is 118 cm³/mol. The fraction of sp³-hybridized carbons (Fsp3) is 0.458. The van der Waals surface area contributed by atoms with Crippen LogP contribution in [0.15, 0.2) is 42.5 Å². The van der Waals surface area contributed by atoms with E-state index in [1.165, 1.54) is 13.2 Å². The van der Waals surface area contributed by atoms with Crippen LogP contribution in [0, 0.1) is 17.7 Å². The lowest BCUT2D eigenvalue weighted by molar-refractivity contribution is -0.140. The molecule has 0 aromatic heterocycles. The van der Waals surface area contributed by atoms with Gasteiger partial charge in [-0.25, -0.2) is 4.39 Å². The van der Waals surface area contributed by atoms with Crippen molar-refractivity contribution in [2.24, 2.45) is 11.8 Å². The number of carbonyl (C=O) groups excluding carboxylic acids is 1. The first-order valence-electron chi connectivity index (χ1n) is 10.2. The second-order valence-electron chi connectivity index (χ2n) is 8.38. The SMILES string of the molecule is COC(=O)CC(c1ccccc1)c1cc(N)c(N(CC(C)C)CC(C)C)c(F)c1. The molecular weight excluding hydrogens is 367 g/mol. The molecule has 0 saturated carbocycles. The van der Waals surface area contributed by atoms with Crippen LogP contribution in [-0.2, 0) is 9.53 Å². The molecule has 2 aromatic carbocycles. The molecule has 29 heavy (non-hydrogen) atoms. The van der Waals surface area contributed by atoms with Crippen LogP contribution < -0.4 is 10.6 Å². The molecule has 158 valence electrons. The van der Waals surface area contributed by atoms with E-state index in [4.69, 9.17) is 10.5 Å². The highest BCUT2D eigenvalue weighted by molar-refractivity contribution is 5.73. The van der Waals surface area contributed by atoms with E-state index in [2.05, 4.69) is 27.7 Å². The van der Waals surface area contributed by atoms with Crippen LogP contribution in [0.3, 0.4) is 0 Å². The van der Waals surface area contributed by atoms with E-state index in [0.717, 1.165) is 18.7 Å². The van der Waals surface area contributed by atoms with Gasteiger partial charge in [0.25, 0.3) is 0 Å². The van der Waals surface area contributed by atoms with E-state index in [0.29, 0.717) is 28.8 Å². The summed E-state index contributed by atoms with van der Waals surface area (Å²) in [7, 11) is 1.36. The van der Waals surface area contributed by atoms with E-state index in [1.807, 2.05) is 35.2 Å². The summed E-state index contributed by atoms with van der Waals surface area (Å²) >= 11 is 0. The minimum absolute atomic E-state index is 0.125. The fourth-order valence-corrected chi connectivity index (χ4v) is 3.68. The van der Waals surface area contributed by atoms with Gasteiger partial charge in [-0.3, -0.25) is 4.79 Å². The van der Waals surface area contributed by atoms with Crippen LogP contribution >= 0.6 is 0 Å². The quantitative estimate of drug-likeness (QED) is 0.463. The van der Waals surface area contributed by atoms with Gasteiger partial charge < -0.3 is 15.4 Å². The smallest absolute Gasteiger partial charge is 0.306 e. The number of nitrogens with two attached hydrogens (primary N) is 1. The van der Waals surface area contributed by atoms with Gasteiger partial charge in [0.15, 0.2) is 0 Å². The predicted octanol–water partition coefficient (Wildman–Crippen LogP) is 5.22. The van der Waals surface area contributed by atoms with Gasteiger partial charge in [-0.1, -0.05) is 58.0 Å². The van der Waals surface area contributed by atoms with Crippen LogP contribution in [-0.4, -0.2) is 26.2 Å². The third-order valence-corrected chi connectivity index (χ3v) is 4.81. The van der Waals surface area contributed by atoms with Crippen LogP contribution in [0.4, 0.5) is 15.8 Å². The van der Waals surface area contributed by atoms with Crippen LogP contribution in [0.1, 0.15) is 51.2 Å². The molecule has 0 aliphatic heterocycles. The van der Waals surface area contributed by atoms with Gasteiger partial charge >= 0.3 is 5.97 Å². The van der Waals surface area contributed by atoms with Crippen molar-refractivity contribution in [3.05, 3.63) is 59.4 Å². The zero-order valence-electron chi connectivity index (χ0n) is 18.1. The highest BCUT2D eigenvalue weighted by Crippen LogP contribution is 2.36. The molecule has 1 unspecified atom stereocenters. The summed E-state index contributed by atoms with van der Waals surface area (Å²) in [4.78, 5) is 14.0. The van der Waals surface area contributed by atoms with Crippen molar-refractivity contribution in [2.45, 2.75) is 40.0 Å². The lowest BCUT2D eigenvalue weighted by atomic mass is 9.88. The van der Waals surface area contributed by atoms with Crippen molar-refractivity contribution in [3.63, 3.8) is 0 Å². The van der Waals surface area contributed by atoms with Gasteiger partial charge in [0, 0.05) is 19.0 Å². The maximum atomic E-state index is 15.3. The Morgan fingerprint density at radius 3 is 2.10 bits per heavy atom. The van der Waals surface area contributed by atoms with Crippen molar-refractivity contribution >= 4 is 17.3 Å². The average Bonchev–Trinajstić information content (AvgIpc) is 2.64. The number of methoxy groups -OCH3 is 1. The van der Waals surface area contributed by atoms with Gasteiger partial charge in [0.2, 0.25) is 0 Å². The van der Waals surface area contributed by atoms with E-state index in [1.54, 1.807) is 6.07 Å². The van der Waals surface area contributed by atoms with Crippen molar-refractivity contribution in [2.75, 3.05) is 30.8 Å². The molecule has 0 bridgehead atoms. The molecule has 0 saturated heterocycles. The minimum atomic E-state index is -0.355. The number of carbonyl (C=O) groups is 1. The molecule has 0 heterocycles. The number of halogens is 1. The van der Waals surface area contributed by atoms with Crippen molar-refractivity contribution in [1.82, 2.24) is 0 Å². The Morgan fingerprint density at radius 1 is 1.03 bits per heavy atom. The summed E-state index contributed by atoms with van der Waals surface area (Å²) in [6.07, 6.45) is 0.125. The zero-order chi connectivity index (χ0) is 21.6. The van der Waals surface area contributed by atoms with Gasteiger partial charge in [0.05, 0.1) is 24.9 Å². The molecule has 2 aromatic rings. The topological polar surface area (TPSA) is 55.6 Å². The monoisotopic (exact) mass is 400 g/mol. The van der Waals surface area contributed by atoms with Crippen LogP contribution in [0.25, 0.3) is 0 Å². The summed E-state index contributed by atoms with van der Waals surface area (Å²) in [5.74, 6) is -0.263. The molecule has 1 atom stereocenters. The lowest BCUT2D eigenvalue weighted by Crippen LogP contribution is -2.32. The molecule has 2 N–H and O–H groups in total. The molecule has 5 heteroatoms. The number of nitrogens with zero attached hydrogens (tertiary/aromatic N) is 1. The summed E-state index contributed by atoms with van der Waals surface area (Å²) in [5, 5.41) is 0. The van der Waals surface area contributed by atoms with Gasteiger partial charge in [-0.2, -0.15) is 0 Å². The second kappa shape index (κ2) is 10.3. The molecule has 0 amide bonds. The number of benzene rings is 2. The van der Waals surface area contributed by atoms with Gasteiger partial charge in [0.1, 0.15) is 5.82 Å². The molecular formula is C24H33FN2O2. The third kappa shape index (κ3) is 6.21. The highest BCUT2D eigenvalue weighted by atomic mass is 19.1. The fourth-order valence-electron chi connectivity index (χ4n) is 3.68. The summed E-state index contributed by atoms with van der Waals surface area (Å²) in [6.45, 7) is 9.89. The Morgan fingerprint density at radius 2 is 1.62 bits per heavy atom. The Bertz CT molecular complexity index is 773. The average molecular weight is 401 g/mol. The first-order valence-corrected chi connectivity index (χ1v) is 10.2. The Labute approximate surface area is 173 Å². The first kappa shape index (κ1) is 22.7. The number of esters is 1. The number of anilines is 2. The van der Waals surface area contributed by atoms with E-state index in [9.17, 15) is 4.79 Å². The van der Waals surface area contributed by atoms with E-state index in [-0.39, 0.29) is 24.1 Å². The first-order chi connectivity index (χ1) is 13.7. The number of rotatable bonds is 9. The molecule has 0 aliphatic rings. The molecule has 0 fully saturated rings. The van der Waals surface area contributed by atoms with Crippen molar-refractivity contribution in [3.8, 4) is 0 Å². The standard InChI is InChI=1S/C24H33FN2O2/c1-16(2)14-27(15-17(3)4)24-21(25)11-19(12-22(24)26)20(13-23(28)29-5)18-9-7-6-8-10-18/h6-12,16-17,20H,13-15,26H2,1-5H3. The van der Waals surface area contributed by atoms with Gasteiger partial charge in [-0.05, 0) is 35.1 Å². The number of hydrogen-bond donors (Lipinski definition) is 1. The van der Waals surface area contributed by atoms with Crippen LogP contribution in [0.2, 0.25) is 0 Å². The largest absolute Gasteiger partial charge is 0.469 e. The van der Waals surface area contributed by atoms with Gasteiger partial charge in [-0.15, -0.1) is 0 Å². The molecule has 0 aliphatic carbocycles. The maximum Gasteiger partial charge on any atom is 0.306 e. The van der Waals surface area contributed by atoms with Crippen LogP contribution in [0.5, 0.6) is 0 Å². The molecule has 0 spiro atoms. The van der Waals surface area contributed by atoms with Crippen molar-refractivity contribution < 1.29 is 13.9 Å². The van der Waals surface area contributed by atoms with E-state index < -0.39 is 0 Å². The lowest BCUT2D eigenvalue weighted by Gasteiger charge is -2.30. The molecule has 0 radical (unpaired) electrons. The second-order valence-corrected chi connectivity index (χ2v) is 8.38. The maximum absolute atomic E-state index is 15.3. The molecule has 2 rings (SSSR count). The Balaban J connectivity index is 2.48. The van der Waals surface area contributed by atoms with E-state index >= 15 is 4.39 Å². The minimum Gasteiger partial charge on any atom is -0.469 e. The summed E-state index contributed by atoms with van der Waals surface area (Å²) in [6, 6.07) is 12.9. The summed E-state index contributed by atoms with van der Waals surface area (Å²) in [5.41, 5.74) is 8.79. The zero-order valence-corrected chi connectivity index (χ0v) is 18.1. The number of nitrogen functional groups attached to an aromatic ring is 1. The van der Waals surface area contributed by atoms with Crippen molar-refractivity contribution in [1.29, 1.82) is 0 Å². The number of ether oxygens (including phenoxy) is 1. The summed E-state index contributed by atoms with van der Waals surface area (Å²) < 4.78 is 20.2. The number of hydrogen-bond acceptors (Lipinski definition) is 4. The highest BCUT2D eigenvalue weighted by Gasteiger charge is 2.24. The normalized spacial score (nSPS) is 12.3. The Kier molecular flexibility index (Phi) is 8.06. The Hall–Kier alpha value is -2.56.